The van der Waals surface area contributed by atoms with Crippen molar-refractivity contribution >= 4 is 21.7 Å². The molecule has 0 aliphatic carbocycles. The van der Waals surface area contributed by atoms with Crippen molar-refractivity contribution in [3.05, 3.63) is 70.2 Å². The van der Waals surface area contributed by atoms with Gasteiger partial charge in [-0.2, -0.15) is 0 Å². The molecule has 1 unspecified atom stereocenters. The highest BCUT2D eigenvalue weighted by Crippen LogP contribution is 2.17. The third-order valence-electron chi connectivity index (χ3n) is 2.57. The van der Waals surface area contributed by atoms with Crippen molar-refractivity contribution in [1.29, 1.82) is 0 Å². The van der Waals surface area contributed by atoms with Crippen molar-refractivity contribution in [2.75, 3.05) is 0 Å². The Morgan fingerprint density at radius 2 is 1.59 bits per heavy atom. The van der Waals surface area contributed by atoms with Gasteiger partial charge < -0.3 is 5.73 Å². The molecule has 2 rings (SSSR count). The van der Waals surface area contributed by atoms with Gasteiger partial charge in [-0.05, 0) is 17.7 Å². The van der Waals surface area contributed by atoms with E-state index >= 15 is 0 Å². The van der Waals surface area contributed by atoms with E-state index in [4.69, 9.17) is 5.73 Å². The first-order chi connectivity index (χ1) is 8.18. The molecule has 2 aromatic carbocycles. The summed E-state index contributed by atoms with van der Waals surface area (Å²) >= 11 is 3.33. The minimum Gasteiger partial charge on any atom is -0.318 e. The summed E-state index contributed by atoms with van der Waals surface area (Å²) < 4.78 is 0.947. The van der Waals surface area contributed by atoms with Gasteiger partial charge in [0.05, 0.1) is 6.04 Å². The number of ketones is 1. The van der Waals surface area contributed by atoms with Crippen LogP contribution in [0.4, 0.5) is 0 Å². The fourth-order valence-corrected chi connectivity index (χ4v) is 1.87. The van der Waals surface area contributed by atoms with Gasteiger partial charge >= 0.3 is 0 Å². The summed E-state index contributed by atoms with van der Waals surface area (Å²) in [7, 11) is 0. The Morgan fingerprint density at radius 3 is 2.18 bits per heavy atom. The molecule has 86 valence electrons. The molecular weight excluding hydrogens is 278 g/mol. The highest BCUT2D eigenvalue weighted by atomic mass is 79.9. The van der Waals surface area contributed by atoms with E-state index < -0.39 is 6.04 Å². The van der Waals surface area contributed by atoms with E-state index in [2.05, 4.69) is 15.9 Å². The van der Waals surface area contributed by atoms with Crippen molar-refractivity contribution in [3.8, 4) is 0 Å². The van der Waals surface area contributed by atoms with E-state index in [9.17, 15) is 4.79 Å². The monoisotopic (exact) mass is 289 g/mol. The zero-order valence-electron chi connectivity index (χ0n) is 9.14. The predicted molar refractivity (Wildman–Crippen MR) is 71.8 cm³/mol. The second kappa shape index (κ2) is 5.25. The van der Waals surface area contributed by atoms with Gasteiger partial charge in [-0.25, -0.2) is 0 Å². The van der Waals surface area contributed by atoms with E-state index in [0.29, 0.717) is 5.56 Å². The number of hydrogen-bond donors (Lipinski definition) is 1. The van der Waals surface area contributed by atoms with Crippen molar-refractivity contribution in [3.63, 3.8) is 0 Å². The van der Waals surface area contributed by atoms with E-state index in [-0.39, 0.29) is 5.78 Å². The number of rotatable bonds is 3. The molecule has 0 amide bonds. The molecule has 0 heterocycles. The average molecular weight is 290 g/mol. The van der Waals surface area contributed by atoms with Crippen molar-refractivity contribution < 1.29 is 4.79 Å². The van der Waals surface area contributed by atoms with Crippen molar-refractivity contribution in [2.45, 2.75) is 6.04 Å². The molecule has 2 aromatic rings. The molecule has 0 aliphatic heterocycles. The van der Waals surface area contributed by atoms with Crippen LogP contribution in [0.2, 0.25) is 0 Å². The molecule has 0 fully saturated rings. The molecule has 2 N–H and O–H groups in total. The number of carbonyl (C=O) groups is 1. The lowest BCUT2D eigenvalue weighted by molar-refractivity contribution is 0.0961. The first kappa shape index (κ1) is 12.0. The SMILES string of the molecule is NC(C(=O)c1ccc(Br)cc1)c1ccccc1. The second-order valence-corrected chi connectivity index (χ2v) is 4.68. The molecule has 0 aliphatic rings. The van der Waals surface area contributed by atoms with Gasteiger partial charge in [-0.3, -0.25) is 4.79 Å². The summed E-state index contributed by atoms with van der Waals surface area (Å²) in [6, 6.07) is 16.0. The Bertz CT molecular complexity index is 508. The van der Waals surface area contributed by atoms with E-state index in [0.717, 1.165) is 10.0 Å². The standard InChI is InChI=1S/C14H12BrNO/c15-12-8-6-11(7-9-12)14(17)13(16)10-4-2-1-3-5-10/h1-9,13H,16H2. The Kier molecular flexibility index (Phi) is 3.71. The minimum atomic E-state index is -0.600. The number of hydrogen-bond acceptors (Lipinski definition) is 2. The van der Waals surface area contributed by atoms with Crippen LogP contribution in [0.1, 0.15) is 22.0 Å². The van der Waals surface area contributed by atoms with Gasteiger partial charge in [0.2, 0.25) is 0 Å². The number of carbonyl (C=O) groups excluding carboxylic acids is 1. The van der Waals surface area contributed by atoms with E-state index in [1.165, 1.54) is 0 Å². The first-order valence-electron chi connectivity index (χ1n) is 5.29. The zero-order chi connectivity index (χ0) is 12.3. The van der Waals surface area contributed by atoms with Gasteiger partial charge in [0.25, 0.3) is 0 Å². The summed E-state index contributed by atoms with van der Waals surface area (Å²) in [5.74, 6) is -0.0660. The number of nitrogens with two attached hydrogens (primary N) is 1. The van der Waals surface area contributed by atoms with Crippen LogP contribution in [0.3, 0.4) is 0 Å². The Hall–Kier alpha value is -1.45. The maximum Gasteiger partial charge on any atom is 0.184 e. The van der Waals surface area contributed by atoms with Crippen LogP contribution in [0.15, 0.2) is 59.1 Å². The summed E-state index contributed by atoms with van der Waals surface area (Å²) in [6.07, 6.45) is 0. The lowest BCUT2D eigenvalue weighted by Crippen LogP contribution is -2.21. The third kappa shape index (κ3) is 2.81. The first-order valence-corrected chi connectivity index (χ1v) is 6.08. The number of halogens is 1. The van der Waals surface area contributed by atoms with Crippen LogP contribution in [0.5, 0.6) is 0 Å². The number of Topliss-reactive ketones (excluding diaryl/α,β-unsaturated/α-hetero) is 1. The predicted octanol–water partition coefficient (Wildman–Crippen LogP) is 3.33. The molecule has 0 saturated heterocycles. The summed E-state index contributed by atoms with van der Waals surface area (Å²) in [6.45, 7) is 0. The van der Waals surface area contributed by atoms with Crippen molar-refractivity contribution in [2.24, 2.45) is 5.73 Å². The normalized spacial score (nSPS) is 12.1. The van der Waals surface area contributed by atoms with Crippen LogP contribution in [0.25, 0.3) is 0 Å². The van der Waals surface area contributed by atoms with Crippen LogP contribution in [-0.2, 0) is 0 Å². The average Bonchev–Trinajstić information content (AvgIpc) is 2.39. The smallest absolute Gasteiger partial charge is 0.184 e. The van der Waals surface area contributed by atoms with Gasteiger partial charge in [0.15, 0.2) is 5.78 Å². The summed E-state index contributed by atoms with van der Waals surface area (Å²) in [5.41, 5.74) is 7.41. The molecule has 3 heteroatoms. The van der Waals surface area contributed by atoms with Gasteiger partial charge in [0, 0.05) is 10.0 Å². The van der Waals surface area contributed by atoms with Crippen LogP contribution in [-0.4, -0.2) is 5.78 Å². The Morgan fingerprint density at radius 1 is 1.00 bits per heavy atom. The Balaban J connectivity index is 2.23. The molecule has 0 radical (unpaired) electrons. The van der Waals surface area contributed by atoms with Gasteiger partial charge in [0.1, 0.15) is 0 Å². The zero-order valence-corrected chi connectivity index (χ0v) is 10.7. The second-order valence-electron chi connectivity index (χ2n) is 3.76. The van der Waals surface area contributed by atoms with Crippen molar-refractivity contribution in [1.82, 2.24) is 0 Å². The molecular formula is C14H12BrNO. The maximum absolute atomic E-state index is 12.1. The van der Waals surface area contributed by atoms with E-state index in [1.54, 1.807) is 12.1 Å². The fraction of sp³-hybridized carbons (Fsp3) is 0.0714. The molecule has 1 atom stereocenters. The van der Waals surface area contributed by atoms with Crippen LogP contribution in [0, 0.1) is 0 Å². The molecule has 2 nitrogen and oxygen atoms in total. The quantitative estimate of drug-likeness (QED) is 0.881. The minimum absolute atomic E-state index is 0.0660. The van der Waals surface area contributed by atoms with Gasteiger partial charge in [-0.15, -0.1) is 0 Å². The molecule has 17 heavy (non-hydrogen) atoms. The van der Waals surface area contributed by atoms with Crippen LogP contribution < -0.4 is 5.73 Å². The topological polar surface area (TPSA) is 43.1 Å². The Labute approximate surface area is 109 Å². The molecule has 0 bridgehead atoms. The van der Waals surface area contributed by atoms with Crippen LogP contribution >= 0.6 is 15.9 Å². The van der Waals surface area contributed by atoms with E-state index in [1.807, 2.05) is 42.5 Å². The molecule has 0 saturated carbocycles. The fourth-order valence-electron chi connectivity index (χ4n) is 1.61. The molecule has 0 aromatic heterocycles. The third-order valence-corrected chi connectivity index (χ3v) is 3.10. The van der Waals surface area contributed by atoms with Gasteiger partial charge in [-0.1, -0.05) is 58.4 Å². The number of benzene rings is 2. The lowest BCUT2D eigenvalue weighted by atomic mass is 9.98. The summed E-state index contributed by atoms with van der Waals surface area (Å²) in [5, 5.41) is 0. The largest absolute Gasteiger partial charge is 0.318 e. The highest BCUT2D eigenvalue weighted by Gasteiger charge is 2.16. The maximum atomic E-state index is 12.1. The molecule has 0 spiro atoms. The lowest BCUT2D eigenvalue weighted by Gasteiger charge is -2.10. The highest BCUT2D eigenvalue weighted by molar-refractivity contribution is 9.10. The summed E-state index contributed by atoms with van der Waals surface area (Å²) in [4.78, 5) is 12.1.